The summed E-state index contributed by atoms with van der Waals surface area (Å²) in [6.45, 7) is 2.63. The molecule has 176 valence electrons. The lowest BCUT2D eigenvalue weighted by molar-refractivity contribution is -0.121. The van der Waals surface area contributed by atoms with Gasteiger partial charge in [0.05, 0.1) is 5.41 Å². The second kappa shape index (κ2) is 8.05. The van der Waals surface area contributed by atoms with Crippen LogP contribution in [0.15, 0.2) is 30.6 Å². The number of nitrogens with one attached hydrogen (secondary N) is 2. The van der Waals surface area contributed by atoms with Crippen molar-refractivity contribution >= 4 is 34.5 Å². The third kappa shape index (κ3) is 3.24. The van der Waals surface area contributed by atoms with E-state index in [9.17, 15) is 9.59 Å². The van der Waals surface area contributed by atoms with Gasteiger partial charge in [0.1, 0.15) is 6.33 Å². The number of imidazole rings is 1. The molecule has 3 aliphatic heterocycles. The third-order valence-electron chi connectivity index (χ3n) is 7.44. The van der Waals surface area contributed by atoms with Gasteiger partial charge in [0, 0.05) is 45.1 Å². The summed E-state index contributed by atoms with van der Waals surface area (Å²) in [5.74, 6) is 0.884. The van der Waals surface area contributed by atoms with Gasteiger partial charge in [0.15, 0.2) is 17.0 Å². The summed E-state index contributed by atoms with van der Waals surface area (Å²) in [6.07, 6.45) is 4.48. The van der Waals surface area contributed by atoms with E-state index in [0.29, 0.717) is 62.0 Å². The summed E-state index contributed by atoms with van der Waals surface area (Å²) in [6, 6.07) is 8.03. The molecule has 2 saturated heterocycles. The lowest BCUT2D eigenvalue weighted by Crippen LogP contribution is -2.46. The number of benzene rings is 1. The number of ether oxygens (including phenoxy) is 1. The maximum absolute atomic E-state index is 13.0. The van der Waals surface area contributed by atoms with Crippen LogP contribution in [0.1, 0.15) is 41.9 Å². The SMILES string of the molecule is Cn1c(C(=O)NC2CCOCC2)nc2c(N3CCC4(CC3)C(=O)Nc3ccccc34)ncnc21. The molecule has 0 aliphatic carbocycles. The molecule has 3 aliphatic rings. The van der Waals surface area contributed by atoms with E-state index in [1.54, 1.807) is 11.6 Å². The Morgan fingerprint density at radius 1 is 1.18 bits per heavy atom. The molecule has 2 aromatic heterocycles. The topological polar surface area (TPSA) is 114 Å². The number of aromatic nitrogens is 4. The minimum atomic E-state index is -0.502. The second-order valence-electron chi connectivity index (χ2n) is 9.29. The molecule has 0 radical (unpaired) electrons. The Morgan fingerprint density at radius 2 is 1.94 bits per heavy atom. The summed E-state index contributed by atoms with van der Waals surface area (Å²) in [4.78, 5) is 41.6. The summed E-state index contributed by atoms with van der Waals surface area (Å²) in [7, 11) is 1.80. The fourth-order valence-corrected chi connectivity index (χ4v) is 5.48. The van der Waals surface area contributed by atoms with Crippen molar-refractivity contribution in [2.45, 2.75) is 37.1 Å². The molecule has 34 heavy (non-hydrogen) atoms. The van der Waals surface area contributed by atoms with E-state index in [2.05, 4.69) is 30.5 Å². The quantitative estimate of drug-likeness (QED) is 0.611. The normalized spacial score (nSPS) is 19.9. The zero-order valence-corrected chi connectivity index (χ0v) is 19.1. The van der Waals surface area contributed by atoms with Gasteiger partial charge in [-0.15, -0.1) is 0 Å². The molecule has 0 saturated carbocycles. The van der Waals surface area contributed by atoms with Gasteiger partial charge >= 0.3 is 0 Å². The smallest absolute Gasteiger partial charge is 0.287 e. The van der Waals surface area contributed by atoms with E-state index in [1.807, 2.05) is 24.3 Å². The van der Waals surface area contributed by atoms with Crippen molar-refractivity contribution < 1.29 is 14.3 Å². The van der Waals surface area contributed by atoms with Gasteiger partial charge in [-0.05, 0) is 37.3 Å². The standard InChI is InChI=1S/C24H27N7O3/c1-30-19-18(29-21(30)22(32)27-15-6-12-34-13-7-15)20(26-14-25-19)31-10-8-24(9-11-31)16-4-2-3-5-17(16)28-23(24)33/h2-5,14-15H,6-13H2,1H3,(H,27,32)(H,28,33). The number of nitrogens with zero attached hydrogens (tertiary/aromatic N) is 5. The van der Waals surface area contributed by atoms with Crippen LogP contribution in [0.2, 0.25) is 0 Å². The predicted octanol–water partition coefficient (Wildman–Crippen LogP) is 1.76. The van der Waals surface area contributed by atoms with Gasteiger partial charge in [0.2, 0.25) is 11.7 Å². The van der Waals surface area contributed by atoms with Crippen molar-refractivity contribution in [1.29, 1.82) is 0 Å². The highest BCUT2D eigenvalue weighted by molar-refractivity contribution is 6.06. The number of amides is 2. The molecule has 0 atom stereocenters. The van der Waals surface area contributed by atoms with Gasteiger partial charge in [-0.3, -0.25) is 9.59 Å². The summed E-state index contributed by atoms with van der Waals surface area (Å²) in [5, 5.41) is 6.12. The van der Waals surface area contributed by atoms with Crippen LogP contribution in [-0.4, -0.2) is 63.7 Å². The van der Waals surface area contributed by atoms with Crippen molar-refractivity contribution in [3.8, 4) is 0 Å². The van der Waals surface area contributed by atoms with Crippen LogP contribution >= 0.6 is 0 Å². The molecular formula is C24H27N7O3. The highest BCUT2D eigenvalue weighted by Gasteiger charge is 2.48. The van der Waals surface area contributed by atoms with Gasteiger partial charge in [-0.1, -0.05) is 18.2 Å². The average molecular weight is 462 g/mol. The molecular weight excluding hydrogens is 434 g/mol. The van der Waals surface area contributed by atoms with Crippen LogP contribution in [0.25, 0.3) is 11.2 Å². The van der Waals surface area contributed by atoms with Crippen molar-refractivity contribution in [2.24, 2.45) is 7.05 Å². The Hall–Kier alpha value is -3.53. The molecule has 1 spiro atoms. The number of para-hydroxylation sites is 1. The van der Waals surface area contributed by atoms with Crippen molar-refractivity contribution in [2.75, 3.05) is 36.5 Å². The molecule has 10 nitrogen and oxygen atoms in total. The Balaban J connectivity index is 1.26. The van der Waals surface area contributed by atoms with Crippen LogP contribution in [0.4, 0.5) is 11.5 Å². The molecule has 3 aromatic rings. The van der Waals surface area contributed by atoms with E-state index in [1.165, 1.54) is 6.33 Å². The Labute approximate surface area is 196 Å². The second-order valence-corrected chi connectivity index (χ2v) is 9.29. The molecule has 0 bridgehead atoms. The minimum absolute atomic E-state index is 0.0751. The van der Waals surface area contributed by atoms with E-state index in [0.717, 1.165) is 24.1 Å². The number of rotatable bonds is 3. The first kappa shape index (κ1) is 21.0. The van der Waals surface area contributed by atoms with Crippen molar-refractivity contribution in [1.82, 2.24) is 24.8 Å². The van der Waals surface area contributed by atoms with Crippen LogP contribution in [0, 0.1) is 0 Å². The Morgan fingerprint density at radius 3 is 2.74 bits per heavy atom. The zero-order chi connectivity index (χ0) is 23.3. The summed E-state index contributed by atoms with van der Waals surface area (Å²) >= 11 is 0. The number of carbonyl (C=O) groups is 2. The largest absolute Gasteiger partial charge is 0.381 e. The first-order chi connectivity index (χ1) is 16.6. The molecule has 10 heteroatoms. The maximum atomic E-state index is 13.0. The fraction of sp³-hybridized carbons (Fsp3) is 0.458. The van der Waals surface area contributed by atoms with Crippen LogP contribution in [0.5, 0.6) is 0 Å². The highest BCUT2D eigenvalue weighted by atomic mass is 16.5. The predicted molar refractivity (Wildman–Crippen MR) is 126 cm³/mol. The molecule has 1 aromatic carbocycles. The summed E-state index contributed by atoms with van der Waals surface area (Å²) < 4.78 is 7.11. The van der Waals surface area contributed by atoms with E-state index in [-0.39, 0.29) is 17.9 Å². The monoisotopic (exact) mass is 461 g/mol. The molecule has 0 unspecified atom stereocenters. The Kier molecular flexibility index (Phi) is 4.98. The number of hydrogen-bond acceptors (Lipinski definition) is 7. The van der Waals surface area contributed by atoms with Crippen LogP contribution < -0.4 is 15.5 Å². The number of fused-ring (bicyclic) bond motifs is 3. The minimum Gasteiger partial charge on any atom is -0.381 e. The van der Waals surface area contributed by atoms with Crippen LogP contribution in [-0.2, 0) is 22.0 Å². The van der Waals surface area contributed by atoms with E-state index < -0.39 is 5.41 Å². The van der Waals surface area contributed by atoms with Gasteiger partial charge in [-0.2, -0.15) is 0 Å². The number of anilines is 2. The van der Waals surface area contributed by atoms with E-state index >= 15 is 0 Å². The zero-order valence-electron chi connectivity index (χ0n) is 19.1. The lowest BCUT2D eigenvalue weighted by Gasteiger charge is -2.38. The van der Waals surface area contributed by atoms with Crippen molar-refractivity contribution in [3.63, 3.8) is 0 Å². The third-order valence-corrected chi connectivity index (χ3v) is 7.44. The molecule has 2 amide bonds. The molecule has 2 fully saturated rings. The van der Waals surface area contributed by atoms with E-state index in [4.69, 9.17) is 4.74 Å². The van der Waals surface area contributed by atoms with Gasteiger partial charge < -0.3 is 24.8 Å². The fourth-order valence-electron chi connectivity index (χ4n) is 5.48. The molecule has 6 rings (SSSR count). The van der Waals surface area contributed by atoms with Crippen molar-refractivity contribution in [3.05, 3.63) is 42.0 Å². The first-order valence-electron chi connectivity index (χ1n) is 11.8. The van der Waals surface area contributed by atoms with Gasteiger partial charge in [-0.25, -0.2) is 15.0 Å². The lowest BCUT2D eigenvalue weighted by atomic mass is 9.73. The Bertz CT molecular complexity index is 1270. The average Bonchev–Trinajstić information content (AvgIpc) is 3.35. The highest BCUT2D eigenvalue weighted by Crippen LogP contribution is 2.45. The van der Waals surface area contributed by atoms with Gasteiger partial charge in [0.25, 0.3) is 5.91 Å². The maximum Gasteiger partial charge on any atom is 0.287 e. The summed E-state index contributed by atoms with van der Waals surface area (Å²) in [5.41, 5.74) is 2.71. The number of hydrogen-bond donors (Lipinski definition) is 2. The molecule has 5 heterocycles. The van der Waals surface area contributed by atoms with Crippen LogP contribution in [0.3, 0.4) is 0 Å². The molecule has 2 N–H and O–H groups in total. The number of piperidine rings is 1. The number of aryl methyl sites for hydroxylation is 1. The first-order valence-corrected chi connectivity index (χ1v) is 11.8. The number of carbonyl (C=O) groups excluding carboxylic acids is 2.